The van der Waals surface area contributed by atoms with Crippen LogP contribution in [0.25, 0.3) is 0 Å². The van der Waals surface area contributed by atoms with Gasteiger partial charge in [0.1, 0.15) is 0 Å². The van der Waals surface area contributed by atoms with Crippen molar-refractivity contribution in [2.75, 3.05) is 0 Å². The van der Waals surface area contributed by atoms with E-state index in [2.05, 4.69) is 17.3 Å². The first-order valence-corrected chi connectivity index (χ1v) is 5.89. The highest BCUT2D eigenvalue weighted by Crippen LogP contribution is 2.08. The molecule has 0 fully saturated rings. The van der Waals surface area contributed by atoms with Crippen molar-refractivity contribution in [1.82, 2.24) is 15.1 Å². The summed E-state index contributed by atoms with van der Waals surface area (Å²) in [7, 11) is 1.88. The number of aryl methyl sites for hydroxylation is 2. The van der Waals surface area contributed by atoms with Gasteiger partial charge in [0.05, 0.1) is 5.69 Å². The summed E-state index contributed by atoms with van der Waals surface area (Å²) in [5.74, 6) is -0.0246. The molecule has 0 radical (unpaired) electrons. The molecule has 1 aromatic rings. The molecule has 0 aliphatic heterocycles. The van der Waals surface area contributed by atoms with Gasteiger partial charge in [-0.25, -0.2) is 0 Å². The van der Waals surface area contributed by atoms with E-state index in [0.29, 0.717) is 13.0 Å². The zero-order valence-electron chi connectivity index (χ0n) is 11.1. The Bertz CT molecular complexity index is 390. The van der Waals surface area contributed by atoms with Crippen molar-refractivity contribution in [1.29, 1.82) is 0 Å². The molecule has 5 nitrogen and oxygen atoms in total. The number of nitrogens with one attached hydrogen (secondary N) is 1. The van der Waals surface area contributed by atoms with Crippen LogP contribution in [-0.4, -0.2) is 21.2 Å². The fraction of sp³-hybridized carbons (Fsp3) is 0.667. The van der Waals surface area contributed by atoms with Gasteiger partial charge >= 0.3 is 0 Å². The number of aromatic nitrogens is 2. The van der Waals surface area contributed by atoms with Gasteiger partial charge in [-0.15, -0.1) is 0 Å². The summed E-state index contributed by atoms with van der Waals surface area (Å²) < 4.78 is 1.77. The topological polar surface area (TPSA) is 72.9 Å². The Morgan fingerprint density at radius 1 is 1.59 bits per heavy atom. The van der Waals surface area contributed by atoms with Crippen molar-refractivity contribution in [2.45, 2.75) is 45.7 Å². The molecule has 0 bridgehead atoms. The average Bonchev–Trinajstić information content (AvgIpc) is 2.53. The van der Waals surface area contributed by atoms with E-state index in [1.165, 1.54) is 0 Å². The van der Waals surface area contributed by atoms with Crippen LogP contribution in [0.4, 0.5) is 0 Å². The second-order valence-corrected chi connectivity index (χ2v) is 5.07. The molecule has 0 spiro atoms. The van der Waals surface area contributed by atoms with Crippen molar-refractivity contribution in [2.24, 2.45) is 12.8 Å². The average molecular weight is 238 g/mol. The monoisotopic (exact) mass is 238 g/mol. The lowest BCUT2D eigenvalue weighted by molar-refractivity contribution is -0.122. The molecule has 96 valence electrons. The van der Waals surface area contributed by atoms with Crippen molar-refractivity contribution in [3.63, 3.8) is 0 Å². The fourth-order valence-corrected chi connectivity index (χ4v) is 1.70. The summed E-state index contributed by atoms with van der Waals surface area (Å²) in [6.45, 7) is 6.25. The highest BCUT2D eigenvalue weighted by Gasteiger charge is 2.16. The van der Waals surface area contributed by atoms with Crippen LogP contribution in [0.5, 0.6) is 0 Å². The zero-order valence-corrected chi connectivity index (χ0v) is 11.1. The maximum atomic E-state index is 11.6. The standard InChI is InChI=1S/C12H22N4O/c1-5-10-9(8-16(4)15-10)7-14-11(17)6-12(2,3)13/h8H,5-7,13H2,1-4H3,(H,14,17). The predicted octanol–water partition coefficient (Wildman–Crippen LogP) is 0.726. The summed E-state index contributed by atoms with van der Waals surface area (Å²) in [6, 6.07) is 0. The molecule has 3 N–H and O–H groups in total. The van der Waals surface area contributed by atoms with Crippen LogP contribution in [0.1, 0.15) is 38.4 Å². The van der Waals surface area contributed by atoms with Gasteiger partial charge in [-0.2, -0.15) is 5.10 Å². The van der Waals surface area contributed by atoms with Gasteiger partial charge < -0.3 is 11.1 Å². The molecule has 5 heteroatoms. The first-order chi connectivity index (χ1) is 7.81. The Morgan fingerprint density at radius 3 is 2.76 bits per heavy atom. The molecule has 0 saturated carbocycles. The van der Waals surface area contributed by atoms with Crippen LogP contribution in [0.15, 0.2) is 6.20 Å². The quantitative estimate of drug-likeness (QED) is 0.794. The van der Waals surface area contributed by atoms with Crippen molar-refractivity contribution in [3.05, 3.63) is 17.5 Å². The lowest BCUT2D eigenvalue weighted by Crippen LogP contribution is -2.38. The molecular formula is C12H22N4O. The largest absolute Gasteiger partial charge is 0.352 e. The van der Waals surface area contributed by atoms with E-state index in [1.54, 1.807) is 4.68 Å². The van der Waals surface area contributed by atoms with Gasteiger partial charge in [-0.3, -0.25) is 9.48 Å². The lowest BCUT2D eigenvalue weighted by Gasteiger charge is -2.17. The van der Waals surface area contributed by atoms with Crippen LogP contribution in [0.2, 0.25) is 0 Å². The third-order valence-electron chi connectivity index (χ3n) is 2.42. The van der Waals surface area contributed by atoms with E-state index in [1.807, 2.05) is 27.1 Å². The highest BCUT2D eigenvalue weighted by atomic mass is 16.1. The molecule has 0 atom stereocenters. The minimum Gasteiger partial charge on any atom is -0.352 e. The summed E-state index contributed by atoms with van der Waals surface area (Å²) in [5, 5.41) is 7.19. The summed E-state index contributed by atoms with van der Waals surface area (Å²) in [6.07, 6.45) is 3.13. The molecule has 17 heavy (non-hydrogen) atoms. The second-order valence-electron chi connectivity index (χ2n) is 5.07. The molecule has 0 aliphatic carbocycles. The maximum absolute atomic E-state index is 11.6. The predicted molar refractivity (Wildman–Crippen MR) is 67.3 cm³/mol. The Kier molecular flexibility index (Phi) is 4.28. The van der Waals surface area contributed by atoms with E-state index < -0.39 is 5.54 Å². The van der Waals surface area contributed by atoms with Crippen LogP contribution in [-0.2, 0) is 24.8 Å². The molecule has 1 amide bonds. The molecule has 1 rings (SSSR count). The number of rotatable bonds is 5. The number of hydrogen-bond acceptors (Lipinski definition) is 3. The van der Waals surface area contributed by atoms with E-state index >= 15 is 0 Å². The number of carbonyl (C=O) groups excluding carboxylic acids is 1. The summed E-state index contributed by atoms with van der Waals surface area (Å²) in [5.41, 5.74) is 7.42. The van der Waals surface area contributed by atoms with Gasteiger partial charge in [-0.1, -0.05) is 6.92 Å². The molecule has 0 aromatic carbocycles. The second kappa shape index (κ2) is 5.31. The molecular weight excluding hydrogens is 216 g/mol. The molecule has 0 unspecified atom stereocenters. The Balaban J connectivity index is 2.53. The minimum absolute atomic E-state index is 0.0246. The first-order valence-electron chi connectivity index (χ1n) is 5.89. The van der Waals surface area contributed by atoms with Gasteiger partial charge in [0.15, 0.2) is 0 Å². The number of nitrogens with two attached hydrogens (primary N) is 1. The van der Waals surface area contributed by atoms with Gasteiger partial charge in [0, 0.05) is 37.3 Å². The van der Waals surface area contributed by atoms with Crippen LogP contribution < -0.4 is 11.1 Å². The van der Waals surface area contributed by atoms with Gasteiger partial charge in [0.25, 0.3) is 0 Å². The lowest BCUT2D eigenvalue weighted by atomic mass is 10.0. The molecule has 0 saturated heterocycles. The zero-order chi connectivity index (χ0) is 13.1. The van der Waals surface area contributed by atoms with Crippen molar-refractivity contribution >= 4 is 5.91 Å². The Labute approximate surface area is 102 Å². The van der Waals surface area contributed by atoms with Crippen molar-refractivity contribution < 1.29 is 4.79 Å². The number of hydrogen-bond donors (Lipinski definition) is 2. The Morgan fingerprint density at radius 2 is 2.24 bits per heavy atom. The third kappa shape index (κ3) is 4.56. The maximum Gasteiger partial charge on any atom is 0.222 e. The van der Waals surface area contributed by atoms with Gasteiger partial charge in [-0.05, 0) is 20.3 Å². The first kappa shape index (κ1) is 13.7. The normalized spacial score (nSPS) is 11.6. The fourth-order valence-electron chi connectivity index (χ4n) is 1.70. The summed E-state index contributed by atoms with van der Waals surface area (Å²) >= 11 is 0. The minimum atomic E-state index is -0.466. The van der Waals surface area contributed by atoms with Crippen LogP contribution in [0.3, 0.4) is 0 Å². The number of amides is 1. The molecule has 1 heterocycles. The van der Waals surface area contributed by atoms with E-state index in [-0.39, 0.29) is 5.91 Å². The summed E-state index contributed by atoms with van der Waals surface area (Å²) in [4.78, 5) is 11.6. The van der Waals surface area contributed by atoms with Crippen molar-refractivity contribution in [3.8, 4) is 0 Å². The molecule has 1 aromatic heterocycles. The molecule has 0 aliphatic rings. The number of carbonyl (C=O) groups is 1. The number of nitrogens with zero attached hydrogens (tertiary/aromatic N) is 2. The van der Waals surface area contributed by atoms with Crippen LogP contribution >= 0.6 is 0 Å². The third-order valence-corrected chi connectivity index (χ3v) is 2.42. The van der Waals surface area contributed by atoms with E-state index in [4.69, 9.17) is 5.73 Å². The highest BCUT2D eigenvalue weighted by molar-refractivity contribution is 5.77. The van der Waals surface area contributed by atoms with Gasteiger partial charge in [0.2, 0.25) is 5.91 Å². The SMILES string of the molecule is CCc1nn(C)cc1CNC(=O)CC(C)(C)N. The Hall–Kier alpha value is -1.36. The van der Waals surface area contributed by atoms with Crippen LogP contribution in [0, 0.1) is 0 Å². The van der Waals surface area contributed by atoms with E-state index in [0.717, 1.165) is 17.7 Å². The van der Waals surface area contributed by atoms with E-state index in [9.17, 15) is 4.79 Å². The smallest absolute Gasteiger partial charge is 0.222 e.